The summed E-state index contributed by atoms with van der Waals surface area (Å²) < 4.78 is 0. The maximum absolute atomic E-state index is 3.59. The first-order valence-corrected chi connectivity index (χ1v) is 7.68. The van der Waals surface area contributed by atoms with Crippen LogP contribution in [0.1, 0.15) is 59.3 Å². The van der Waals surface area contributed by atoms with Crippen LogP contribution >= 0.6 is 0 Å². The first kappa shape index (κ1) is 15.0. The molecular formula is C15H32N2. The highest BCUT2D eigenvalue weighted by atomic mass is 15.2. The lowest BCUT2D eigenvalue weighted by Gasteiger charge is -2.31. The van der Waals surface area contributed by atoms with Gasteiger partial charge in [0.05, 0.1) is 0 Å². The number of rotatable bonds is 7. The molecule has 0 saturated carbocycles. The van der Waals surface area contributed by atoms with Crippen molar-refractivity contribution in [1.82, 2.24) is 10.2 Å². The van der Waals surface area contributed by atoms with Crippen LogP contribution in [0.4, 0.5) is 0 Å². The van der Waals surface area contributed by atoms with Crippen LogP contribution < -0.4 is 5.32 Å². The van der Waals surface area contributed by atoms with Gasteiger partial charge in [0.1, 0.15) is 0 Å². The van der Waals surface area contributed by atoms with E-state index in [0.717, 1.165) is 12.0 Å². The minimum atomic E-state index is 0.777. The molecule has 102 valence electrons. The Kier molecular flexibility index (Phi) is 7.87. The molecule has 2 heteroatoms. The molecule has 1 aliphatic rings. The zero-order chi connectivity index (χ0) is 12.5. The van der Waals surface area contributed by atoms with Crippen LogP contribution in [0.25, 0.3) is 0 Å². The molecule has 0 amide bonds. The van der Waals surface area contributed by atoms with Gasteiger partial charge in [-0.1, -0.05) is 40.0 Å². The van der Waals surface area contributed by atoms with Crippen molar-refractivity contribution in [1.29, 1.82) is 0 Å². The molecule has 17 heavy (non-hydrogen) atoms. The second-order valence-corrected chi connectivity index (χ2v) is 5.94. The molecule has 1 rings (SSSR count). The molecule has 1 saturated heterocycles. The van der Waals surface area contributed by atoms with Crippen molar-refractivity contribution in [3.8, 4) is 0 Å². The van der Waals surface area contributed by atoms with Gasteiger partial charge in [0, 0.05) is 12.6 Å². The van der Waals surface area contributed by atoms with Gasteiger partial charge in [-0.05, 0) is 44.8 Å². The van der Waals surface area contributed by atoms with E-state index in [1.165, 1.54) is 64.7 Å². The number of hydrogen-bond donors (Lipinski definition) is 1. The molecule has 1 atom stereocenters. The van der Waals surface area contributed by atoms with E-state index in [0.29, 0.717) is 0 Å². The first-order chi connectivity index (χ1) is 8.24. The van der Waals surface area contributed by atoms with Crippen molar-refractivity contribution in [2.75, 3.05) is 26.2 Å². The molecule has 0 aliphatic carbocycles. The third-order valence-corrected chi connectivity index (χ3v) is 3.74. The lowest BCUT2D eigenvalue weighted by Crippen LogP contribution is -2.41. The molecule has 1 heterocycles. The molecule has 0 aromatic heterocycles. The lowest BCUT2D eigenvalue weighted by atomic mass is 10.0. The molecule has 1 N–H and O–H groups in total. The Balaban J connectivity index is 2.33. The van der Waals surface area contributed by atoms with Gasteiger partial charge in [-0.2, -0.15) is 0 Å². The van der Waals surface area contributed by atoms with Gasteiger partial charge in [0.2, 0.25) is 0 Å². The van der Waals surface area contributed by atoms with E-state index in [-0.39, 0.29) is 0 Å². The van der Waals surface area contributed by atoms with Crippen molar-refractivity contribution in [2.45, 2.75) is 65.3 Å². The standard InChI is InChI=1S/C15H32N2/c1-4-5-6-7-10-17-11-8-9-16-13-15(17)12-14(2)3/h14-16H,4-13H2,1-3H3. The quantitative estimate of drug-likeness (QED) is 0.687. The number of nitrogens with zero attached hydrogens (tertiary/aromatic N) is 1. The summed E-state index contributed by atoms with van der Waals surface area (Å²) in [7, 11) is 0. The van der Waals surface area contributed by atoms with Crippen molar-refractivity contribution < 1.29 is 0 Å². The molecule has 1 unspecified atom stereocenters. The Morgan fingerprint density at radius 3 is 2.76 bits per heavy atom. The normalized spacial score (nSPS) is 22.9. The summed E-state index contributed by atoms with van der Waals surface area (Å²) in [5, 5.41) is 3.59. The van der Waals surface area contributed by atoms with Crippen molar-refractivity contribution in [2.24, 2.45) is 5.92 Å². The van der Waals surface area contributed by atoms with E-state index in [2.05, 4.69) is 31.0 Å². The molecule has 0 aromatic carbocycles. The Morgan fingerprint density at radius 1 is 1.24 bits per heavy atom. The van der Waals surface area contributed by atoms with E-state index >= 15 is 0 Å². The summed E-state index contributed by atoms with van der Waals surface area (Å²) in [6.07, 6.45) is 8.22. The fourth-order valence-corrected chi connectivity index (χ4v) is 2.80. The van der Waals surface area contributed by atoms with Gasteiger partial charge in [-0.15, -0.1) is 0 Å². The average Bonchev–Trinajstić information content (AvgIpc) is 2.50. The smallest absolute Gasteiger partial charge is 0.0223 e. The minimum Gasteiger partial charge on any atom is -0.315 e. The minimum absolute atomic E-state index is 0.777. The lowest BCUT2D eigenvalue weighted by molar-refractivity contribution is 0.181. The predicted octanol–water partition coefficient (Wildman–Crippen LogP) is 3.28. The highest BCUT2D eigenvalue weighted by Gasteiger charge is 2.20. The molecule has 0 bridgehead atoms. The van der Waals surface area contributed by atoms with Crippen LogP contribution in [0, 0.1) is 5.92 Å². The number of hydrogen-bond acceptors (Lipinski definition) is 2. The Bertz CT molecular complexity index is 180. The van der Waals surface area contributed by atoms with E-state index < -0.39 is 0 Å². The highest BCUT2D eigenvalue weighted by molar-refractivity contribution is 4.78. The average molecular weight is 240 g/mol. The third kappa shape index (κ3) is 6.42. The van der Waals surface area contributed by atoms with Crippen molar-refractivity contribution >= 4 is 0 Å². The van der Waals surface area contributed by atoms with Gasteiger partial charge in [-0.25, -0.2) is 0 Å². The van der Waals surface area contributed by atoms with E-state index in [9.17, 15) is 0 Å². The van der Waals surface area contributed by atoms with Gasteiger partial charge in [0.25, 0.3) is 0 Å². The van der Waals surface area contributed by atoms with Gasteiger partial charge < -0.3 is 5.32 Å². The maximum atomic E-state index is 3.59. The number of unbranched alkanes of at least 4 members (excludes halogenated alkanes) is 3. The van der Waals surface area contributed by atoms with Gasteiger partial charge in [0.15, 0.2) is 0 Å². The second-order valence-electron chi connectivity index (χ2n) is 5.94. The predicted molar refractivity (Wildman–Crippen MR) is 76.4 cm³/mol. The van der Waals surface area contributed by atoms with Crippen molar-refractivity contribution in [3.05, 3.63) is 0 Å². The first-order valence-electron chi connectivity index (χ1n) is 7.68. The fraction of sp³-hybridized carbons (Fsp3) is 1.00. The molecule has 0 radical (unpaired) electrons. The summed E-state index contributed by atoms with van der Waals surface area (Å²) in [4.78, 5) is 2.75. The summed E-state index contributed by atoms with van der Waals surface area (Å²) in [5.74, 6) is 0.818. The zero-order valence-corrected chi connectivity index (χ0v) is 12.2. The summed E-state index contributed by atoms with van der Waals surface area (Å²) in [5.41, 5.74) is 0. The van der Waals surface area contributed by atoms with Crippen LogP contribution in [0.15, 0.2) is 0 Å². The van der Waals surface area contributed by atoms with Crippen molar-refractivity contribution in [3.63, 3.8) is 0 Å². The molecule has 1 aliphatic heterocycles. The Labute approximate surface area is 108 Å². The molecular weight excluding hydrogens is 208 g/mol. The Hall–Kier alpha value is -0.0800. The third-order valence-electron chi connectivity index (χ3n) is 3.74. The van der Waals surface area contributed by atoms with Crippen LogP contribution in [0.2, 0.25) is 0 Å². The maximum Gasteiger partial charge on any atom is 0.0223 e. The van der Waals surface area contributed by atoms with Gasteiger partial charge >= 0.3 is 0 Å². The summed E-state index contributed by atoms with van der Waals surface area (Å²) in [6.45, 7) is 12.0. The molecule has 1 fully saturated rings. The largest absolute Gasteiger partial charge is 0.315 e. The van der Waals surface area contributed by atoms with E-state index in [1.807, 2.05) is 0 Å². The highest BCUT2D eigenvalue weighted by Crippen LogP contribution is 2.15. The summed E-state index contributed by atoms with van der Waals surface area (Å²) in [6, 6.07) is 0.777. The monoisotopic (exact) mass is 240 g/mol. The Morgan fingerprint density at radius 2 is 2.06 bits per heavy atom. The molecule has 0 aromatic rings. The molecule has 2 nitrogen and oxygen atoms in total. The summed E-state index contributed by atoms with van der Waals surface area (Å²) >= 11 is 0. The fourth-order valence-electron chi connectivity index (χ4n) is 2.80. The van der Waals surface area contributed by atoms with E-state index in [1.54, 1.807) is 0 Å². The molecule has 0 spiro atoms. The van der Waals surface area contributed by atoms with Crippen LogP contribution in [0.3, 0.4) is 0 Å². The van der Waals surface area contributed by atoms with E-state index in [4.69, 9.17) is 0 Å². The van der Waals surface area contributed by atoms with Crippen LogP contribution in [0.5, 0.6) is 0 Å². The topological polar surface area (TPSA) is 15.3 Å². The van der Waals surface area contributed by atoms with Gasteiger partial charge in [-0.3, -0.25) is 4.90 Å². The number of nitrogens with one attached hydrogen (secondary N) is 1. The van der Waals surface area contributed by atoms with Crippen LogP contribution in [-0.4, -0.2) is 37.1 Å². The zero-order valence-electron chi connectivity index (χ0n) is 12.2. The second kappa shape index (κ2) is 8.93. The SMILES string of the molecule is CCCCCCN1CCCNCC1CC(C)C. The van der Waals surface area contributed by atoms with Crippen LogP contribution in [-0.2, 0) is 0 Å².